The smallest absolute Gasteiger partial charge is 0.220 e. The Balaban J connectivity index is 1.95. The number of nitrogens with zero attached hydrogens (tertiary/aromatic N) is 1. The Bertz CT molecular complexity index is 762. The minimum Gasteiger partial charge on any atom is -0.356 e. The van der Waals surface area contributed by atoms with Gasteiger partial charge in [-0.05, 0) is 25.1 Å². The molecule has 0 aromatic carbocycles. The number of amides is 3. The van der Waals surface area contributed by atoms with Gasteiger partial charge in [0.15, 0.2) is 0 Å². The van der Waals surface area contributed by atoms with Gasteiger partial charge in [0.25, 0.3) is 0 Å². The molecule has 0 aliphatic carbocycles. The molecule has 0 unspecified atom stereocenters. The SMILES string of the molecule is CC(=O)NC12CNCCNCC(NC(=O)CCCC(=O)NCCCN=C=S)(CNCCNC1)CNNC2. The summed E-state index contributed by atoms with van der Waals surface area (Å²) in [5.74, 6) is -0.265. The van der Waals surface area contributed by atoms with Crippen LogP contribution in [0.1, 0.15) is 32.6 Å². The summed E-state index contributed by atoms with van der Waals surface area (Å²) >= 11 is 4.52. The third-order valence-corrected chi connectivity index (χ3v) is 6.41. The number of nitrogens with one attached hydrogen (secondary N) is 9. The molecule has 0 spiro atoms. The highest BCUT2D eigenvalue weighted by Gasteiger charge is 2.34. The van der Waals surface area contributed by atoms with Crippen LogP contribution in [0.3, 0.4) is 0 Å². The molecule has 210 valence electrons. The van der Waals surface area contributed by atoms with Crippen LogP contribution in [-0.4, -0.2) is 112 Å². The van der Waals surface area contributed by atoms with E-state index < -0.39 is 11.1 Å². The molecule has 37 heavy (non-hydrogen) atoms. The topological polar surface area (TPSA) is 172 Å². The lowest BCUT2D eigenvalue weighted by Gasteiger charge is -2.40. The second-order valence-corrected chi connectivity index (χ2v) is 9.92. The monoisotopic (exact) mass is 540 g/mol. The van der Waals surface area contributed by atoms with Gasteiger partial charge in [-0.25, -0.2) is 4.99 Å². The summed E-state index contributed by atoms with van der Waals surface area (Å²) in [7, 11) is 0. The van der Waals surface area contributed by atoms with Gasteiger partial charge >= 0.3 is 0 Å². The van der Waals surface area contributed by atoms with Crippen LogP contribution < -0.4 is 48.1 Å². The van der Waals surface area contributed by atoms with Crippen molar-refractivity contribution in [2.45, 2.75) is 43.7 Å². The Morgan fingerprint density at radius 1 is 0.784 bits per heavy atom. The fourth-order valence-corrected chi connectivity index (χ4v) is 4.52. The van der Waals surface area contributed by atoms with Crippen LogP contribution in [0.25, 0.3) is 0 Å². The van der Waals surface area contributed by atoms with Crippen molar-refractivity contribution in [3.8, 4) is 0 Å². The number of carbonyl (C=O) groups excluding carboxylic acids is 3. The summed E-state index contributed by atoms with van der Waals surface area (Å²) in [4.78, 5) is 40.7. The van der Waals surface area contributed by atoms with Crippen LogP contribution in [0.2, 0.25) is 0 Å². The van der Waals surface area contributed by atoms with Gasteiger partial charge in [-0.15, -0.1) is 0 Å². The number of isothiocyanates is 1. The Morgan fingerprint density at radius 3 is 1.81 bits per heavy atom. The molecule has 2 rings (SSSR count). The summed E-state index contributed by atoms with van der Waals surface area (Å²) in [6.07, 6.45) is 1.71. The van der Waals surface area contributed by atoms with Crippen molar-refractivity contribution in [2.75, 3.05) is 78.5 Å². The first-order chi connectivity index (χ1) is 17.9. The zero-order valence-corrected chi connectivity index (χ0v) is 22.7. The van der Waals surface area contributed by atoms with Gasteiger partial charge in [-0.3, -0.25) is 25.2 Å². The Kier molecular flexibility index (Phi) is 14.7. The maximum Gasteiger partial charge on any atom is 0.220 e. The molecule has 13 nitrogen and oxygen atoms in total. The van der Waals surface area contributed by atoms with Crippen molar-refractivity contribution in [2.24, 2.45) is 4.99 Å². The van der Waals surface area contributed by atoms with Gasteiger partial charge in [0, 0.05) is 91.8 Å². The van der Waals surface area contributed by atoms with E-state index in [0.29, 0.717) is 78.3 Å². The van der Waals surface area contributed by atoms with Crippen LogP contribution in [-0.2, 0) is 14.4 Å². The van der Waals surface area contributed by atoms with Crippen LogP contribution in [0.15, 0.2) is 4.99 Å². The number of thiocarbonyl (C=S) groups is 1. The Labute approximate surface area is 224 Å². The Hall–Kier alpha value is -2.03. The molecule has 0 saturated carbocycles. The van der Waals surface area contributed by atoms with Crippen molar-refractivity contribution in [3.63, 3.8) is 0 Å². The number of fused-ring (bicyclic) bond motifs is 5. The van der Waals surface area contributed by atoms with Crippen LogP contribution in [0.5, 0.6) is 0 Å². The summed E-state index contributed by atoms with van der Waals surface area (Å²) in [6, 6.07) is 0. The average molecular weight is 541 g/mol. The molecule has 3 amide bonds. The standard InChI is InChI=1S/C23H44N10O3S/c1-19(34)32-22-12-24-8-10-26-14-23(17-31-30-16-22,15-27-11-9-25-13-22)33-21(36)5-2-4-20(35)29-7-3-6-28-18-37/h24-27,30-31H,2-17H2,1H3,(H,29,35)(H,32,34)(H,33,36). The molecule has 0 aromatic rings. The number of hydrogen-bond acceptors (Lipinski definition) is 11. The molecule has 2 aliphatic heterocycles. The van der Waals surface area contributed by atoms with E-state index in [1.165, 1.54) is 6.92 Å². The molecule has 2 heterocycles. The highest BCUT2D eigenvalue weighted by molar-refractivity contribution is 7.78. The molecule has 14 heteroatoms. The molecule has 2 saturated heterocycles. The van der Waals surface area contributed by atoms with E-state index >= 15 is 0 Å². The zero-order valence-electron chi connectivity index (χ0n) is 21.9. The van der Waals surface area contributed by atoms with E-state index in [9.17, 15) is 14.4 Å². The lowest BCUT2D eigenvalue weighted by atomic mass is 9.96. The Morgan fingerprint density at radius 2 is 1.30 bits per heavy atom. The van der Waals surface area contributed by atoms with E-state index in [1.807, 2.05) is 0 Å². The predicted molar refractivity (Wildman–Crippen MR) is 146 cm³/mol. The van der Waals surface area contributed by atoms with Crippen molar-refractivity contribution in [1.29, 1.82) is 0 Å². The van der Waals surface area contributed by atoms with Crippen molar-refractivity contribution >= 4 is 35.1 Å². The molecule has 2 fully saturated rings. The van der Waals surface area contributed by atoms with Crippen LogP contribution >= 0.6 is 12.2 Å². The second-order valence-electron chi connectivity index (χ2n) is 9.73. The summed E-state index contributed by atoms with van der Waals surface area (Å²) in [6.45, 7) is 8.79. The fourth-order valence-electron chi connectivity index (χ4n) is 4.43. The summed E-state index contributed by atoms with van der Waals surface area (Å²) < 4.78 is 0. The molecule has 9 N–H and O–H groups in total. The third-order valence-electron chi connectivity index (χ3n) is 6.28. The van der Waals surface area contributed by atoms with Gasteiger partial charge in [0.2, 0.25) is 17.7 Å². The van der Waals surface area contributed by atoms with Gasteiger partial charge < -0.3 is 37.2 Å². The number of hydrazine groups is 1. The van der Waals surface area contributed by atoms with Crippen LogP contribution in [0, 0.1) is 0 Å². The number of rotatable bonds is 10. The summed E-state index contributed by atoms with van der Waals surface area (Å²) in [5.41, 5.74) is 5.43. The van der Waals surface area contributed by atoms with Gasteiger partial charge in [-0.1, -0.05) is 0 Å². The van der Waals surface area contributed by atoms with Crippen molar-refractivity contribution < 1.29 is 14.4 Å². The highest BCUT2D eigenvalue weighted by Crippen LogP contribution is 2.07. The van der Waals surface area contributed by atoms with Crippen molar-refractivity contribution in [1.82, 2.24) is 48.1 Å². The first kappa shape index (κ1) is 31.2. The molecular weight excluding hydrogens is 496 g/mol. The quantitative estimate of drug-likeness (QED) is 0.0789. The maximum atomic E-state index is 12.9. The van der Waals surface area contributed by atoms with Gasteiger partial charge in [0.1, 0.15) is 0 Å². The summed E-state index contributed by atoms with van der Waals surface area (Å²) in [5, 5.41) is 25.2. The highest BCUT2D eigenvalue weighted by atomic mass is 32.1. The van der Waals surface area contributed by atoms with Crippen LogP contribution in [0.4, 0.5) is 0 Å². The average Bonchev–Trinajstić information content (AvgIpc) is 2.84. The minimum absolute atomic E-state index is 0.0776. The predicted octanol–water partition coefficient (Wildman–Crippen LogP) is -3.02. The van der Waals surface area contributed by atoms with Crippen molar-refractivity contribution in [3.05, 3.63) is 0 Å². The zero-order chi connectivity index (χ0) is 26.8. The molecule has 0 aromatic heterocycles. The first-order valence-electron chi connectivity index (χ1n) is 13.1. The van der Waals surface area contributed by atoms with Gasteiger partial charge in [-0.2, -0.15) is 0 Å². The van der Waals surface area contributed by atoms with E-state index in [0.717, 1.165) is 13.1 Å². The number of aliphatic imine (C=N–C) groups is 1. The molecule has 2 bridgehead atoms. The molecule has 2 aliphatic rings. The number of carbonyl (C=O) groups is 3. The van der Waals surface area contributed by atoms with Gasteiger partial charge in [0.05, 0.1) is 22.8 Å². The maximum absolute atomic E-state index is 12.9. The second kappa shape index (κ2) is 17.5. The molecule has 0 atom stereocenters. The molecule has 0 radical (unpaired) electrons. The minimum atomic E-state index is -0.594. The molecular formula is C23H44N10O3S. The van der Waals surface area contributed by atoms with E-state index in [4.69, 9.17) is 0 Å². The normalized spacial score (nSPS) is 25.4. The number of hydrogen-bond donors (Lipinski definition) is 9. The van der Waals surface area contributed by atoms with E-state index in [1.54, 1.807) is 0 Å². The largest absolute Gasteiger partial charge is 0.356 e. The lowest BCUT2D eigenvalue weighted by molar-refractivity contribution is -0.124. The first-order valence-corrected chi connectivity index (χ1v) is 13.5. The van der Waals surface area contributed by atoms with E-state index in [2.05, 4.69) is 70.4 Å². The lowest BCUT2D eigenvalue weighted by Crippen LogP contribution is -2.70. The third kappa shape index (κ3) is 12.9. The van der Waals surface area contributed by atoms with E-state index in [-0.39, 0.29) is 30.6 Å². The fraction of sp³-hybridized carbons (Fsp3) is 0.826.